The molecule has 1 aliphatic rings. The van der Waals surface area contributed by atoms with Gasteiger partial charge in [0.25, 0.3) is 0 Å². The van der Waals surface area contributed by atoms with Crippen LogP contribution in [0.3, 0.4) is 0 Å². The van der Waals surface area contributed by atoms with Crippen molar-refractivity contribution in [2.75, 3.05) is 0 Å². The van der Waals surface area contributed by atoms with Crippen molar-refractivity contribution in [2.45, 2.75) is 117 Å². The van der Waals surface area contributed by atoms with Crippen molar-refractivity contribution >= 4 is 17.4 Å². The van der Waals surface area contributed by atoms with Gasteiger partial charge < -0.3 is 20.7 Å². The van der Waals surface area contributed by atoms with Gasteiger partial charge in [0.05, 0.1) is 34.6 Å². The largest absolute Gasteiger partial charge is 0.393 e. The molecule has 0 saturated carbocycles. The lowest BCUT2D eigenvalue weighted by Crippen LogP contribution is -2.34. The molecule has 7 unspecified atom stereocenters. The van der Waals surface area contributed by atoms with Gasteiger partial charge >= 0.3 is 0 Å². The maximum absolute atomic E-state index is 10.8. The number of aliphatic hydroxyl groups excluding tert-OH is 2. The van der Waals surface area contributed by atoms with Crippen molar-refractivity contribution in [1.82, 2.24) is 4.98 Å². The topological polar surface area (TPSA) is 91.9 Å². The van der Waals surface area contributed by atoms with Crippen molar-refractivity contribution in [3.05, 3.63) is 21.7 Å². The molecule has 5 nitrogen and oxygen atoms in total. The van der Waals surface area contributed by atoms with Gasteiger partial charge in [-0.2, -0.15) is 0 Å². The van der Waals surface area contributed by atoms with Crippen LogP contribution in [0.4, 0.5) is 0 Å². The van der Waals surface area contributed by atoms with Crippen molar-refractivity contribution in [2.24, 2.45) is 23.0 Å². The van der Waals surface area contributed by atoms with Gasteiger partial charge in [0.1, 0.15) is 0 Å². The Morgan fingerprint density at radius 1 is 1.31 bits per heavy atom. The lowest BCUT2D eigenvalue weighted by atomic mass is 9.75. The average Bonchev–Trinajstić information content (AvgIpc) is 3.12. The second-order valence-corrected chi connectivity index (χ2v) is 12.2. The number of hydrogen-bond donors (Lipinski definition) is 3. The van der Waals surface area contributed by atoms with E-state index in [-0.39, 0.29) is 47.2 Å². The lowest BCUT2D eigenvalue weighted by Gasteiger charge is -2.34. The van der Waals surface area contributed by atoms with E-state index >= 15 is 0 Å². The number of aromatic nitrogens is 1. The summed E-state index contributed by atoms with van der Waals surface area (Å²) in [6, 6.07) is -0.0253. The molecule has 6 heteroatoms. The summed E-state index contributed by atoms with van der Waals surface area (Å²) in [6.07, 6.45) is 6.17. The molecule has 7 atom stereocenters. The molecule has 2 heterocycles. The van der Waals surface area contributed by atoms with Crippen LogP contribution in [-0.2, 0) is 4.74 Å². The molecular formula is C26H46N2O3S. The van der Waals surface area contributed by atoms with Crippen LogP contribution in [0.5, 0.6) is 0 Å². The van der Waals surface area contributed by atoms with Crippen molar-refractivity contribution in [3.8, 4) is 0 Å². The predicted octanol–water partition coefficient (Wildman–Crippen LogP) is 5.33. The highest BCUT2D eigenvalue weighted by Gasteiger charge is 2.51. The summed E-state index contributed by atoms with van der Waals surface area (Å²) < 4.78 is 6.05. The maximum Gasteiger partial charge on any atom is 0.0921 e. The van der Waals surface area contributed by atoms with E-state index in [2.05, 4.69) is 58.0 Å². The molecule has 0 radical (unpaired) electrons. The summed E-state index contributed by atoms with van der Waals surface area (Å²) in [6.45, 7) is 16.5. The molecular weight excluding hydrogens is 420 g/mol. The molecule has 2 rings (SSSR count). The summed E-state index contributed by atoms with van der Waals surface area (Å²) in [5.74, 6) is 0.383. The highest BCUT2D eigenvalue weighted by Crippen LogP contribution is 2.44. The zero-order valence-corrected chi connectivity index (χ0v) is 22.2. The molecule has 1 fully saturated rings. The molecule has 1 aromatic rings. The van der Waals surface area contributed by atoms with Crippen LogP contribution in [-0.4, -0.2) is 45.2 Å². The fourth-order valence-corrected chi connectivity index (χ4v) is 5.21. The molecule has 1 aromatic heterocycles. The summed E-state index contributed by atoms with van der Waals surface area (Å²) in [7, 11) is 0. The van der Waals surface area contributed by atoms with E-state index in [1.54, 1.807) is 11.3 Å². The first-order chi connectivity index (χ1) is 14.7. The van der Waals surface area contributed by atoms with Crippen molar-refractivity contribution in [3.63, 3.8) is 0 Å². The fourth-order valence-electron chi connectivity index (χ4n) is 4.64. The molecule has 184 valence electrons. The molecule has 0 aliphatic carbocycles. The van der Waals surface area contributed by atoms with Gasteiger partial charge in [-0.25, -0.2) is 4.98 Å². The Kier molecular flexibility index (Phi) is 9.51. The van der Waals surface area contributed by atoms with Crippen LogP contribution in [0.2, 0.25) is 0 Å². The number of aryl methyl sites for hydroxylation is 1. The quantitative estimate of drug-likeness (QED) is 0.342. The standard InChI is InChI=1S/C26H46N2O3S/c1-16(24(30)18(3)14-25(6,7)19(4)29)10-9-11-26(8)23(31-26)13-22(27)17(2)12-21-15-32-20(5)28-21/h12,15-16,18-19,22-24,29-30H,9-11,13-14,27H2,1-8H3/b17-12+. The minimum Gasteiger partial charge on any atom is -0.393 e. The van der Waals surface area contributed by atoms with E-state index in [0.717, 1.165) is 48.4 Å². The second kappa shape index (κ2) is 11.1. The Morgan fingerprint density at radius 3 is 2.53 bits per heavy atom. The van der Waals surface area contributed by atoms with Crippen LogP contribution in [0.15, 0.2) is 11.0 Å². The molecule has 1 aliphatic heterocycles. The number of rotatable bonds is 13. The average molecular weight is 467 g/mol. The highest BCUT2D eigenvalue weighted by molar-refractivity contribution is 7.09. The predicted molar refractivity (Wildman–Crippen MR) is 135 cm³/mol. The SMILES string of the molecule is C/C(=C\c1csc(C)n1)C(N)CC1OC1(C)CCCC(C)C(O)C(C)CC(C)(C)C(C)O. The zero-order valence-electron chi connectivity index (χ0n) is 21.4. The zero-order chi connectivity index (χ0) is 24.3. The molecule has 0 amide bonds. The number of thiazole rings is 1. The van der Waals surface area contributed by atoms with E-state index in [0.29, 0.717) is 0 Å². The monoisotopic (exact) mass is 466 g/mol. The Balaban J connectivity index is 1.74. The van der Waals surface area contributed by atoms with Gasteiger partial charge in [0, 0.05) is 11.4 Å². The van der Waals surface area contributed by atoms with E-state index < -0.39 is 0 Å². The number of nitrogens with zero attached hydrogens (tertiary/aromatic N) is 1. The molecule has 4 N–H and O–H groups in total. The van der Waals surface area contributed by atoms with E-state index in [1.165, 1.54) is 0 Å². The normalized spacial score (nSPS) is 26.5. The molecule has 0 spiro atoms. The Hall–Kier alpha value is -0.790. The fraction of sp³-hybridized carbons (Fsp3) is 0.808. The number of nitrogens with two attached hydrogens (primary N) is 1. The lowest BCUT2D eigenvalue weighted by molar-refractivity contribution is 0.00165. The number of aliphatic hydroxyl groups is 2. The summed E-state index contributed by atoms with van der Waals surface area (Å²) in [5.41, 5.74) is 8.27. The van der Waals surface area contributed by atoms with Crippen molar-refractivity contribution in [1.29, 1.82) is 0 Å². The Bertz CT molecular complexity index is 760. The highest BCUT2D eigenvalue weighted by atomic mass is 32.1. The maximum atomic E-state index is 10.8. The summed E-state index contributed by atoms with van der Waals surface area (Å²) >= 11 is 1.65. The summed E-state index contributed by atoms with van der Waals surface area (Å²) in [4.78, 5) is 4.49. The third-order valence-electron chi connectivity index (χ3n) is 7.58. The van der Waals surface area contributed by atoms with Crippen LogP contribution in [0.25, 0.3) is 6.08 Å². The molecule has 0 bridgehead atoms. The van der Waals surface area contributed by atoms with Gasteiger partial charge in [-0.05, 0) is 76.7 Å². The third kappa shape index (κ3) is 7.63. The van der Waals surface area contributed by atoms with Gasteiger partial charge in [0.2, 0.25) is 0 Å². The van der Waals surface area contributed by atoms with E-state index in [1.807, 2.05) is 13.8 Å². The number of epoxide rings is 1. The van der Waals surface area contributed by atoms with Gasteiger partial charge in [-0.3, -0.25) is 0 Å². The van der Waals surface area contributed by atoms with Crippen LogP contribution >= 0.6 is 11.3 Å². The Morgan fingerprint density at radius 2 is 1.97 bits per heavy atom. The van der Waals surface area contributed by atoms with Crippen LogP contribution in [0, 0.1) is 24.2 Å². The smallest absolute Gasteiger partial charge is 0.0921 e. The van der Waals surface area contributed by atoms with Crippen LogP contribution in [0.1, 0.15) is 91.3 Å². The van der Waals surface area contributed by atoms with Gasteiger partial charge in [-0.15, -0.1) is 11.3 Å². The Labute approximate surface area is 199 Å². The molecule has 32 heavy (non-hydrogen) atoms. The first-order valence-corrected chi connectivity index (χ1v) is 13.0. The first-order valence-electron chi connectivity index (χ1n) is 12.1. The van der Waals surface area contributed by atoms with Gasteiger partial charge in [-0.1, -0.05) is 39.7 Å². The second-order valence-electron chi connectivity index (χ2n) is 11.1. The van der Waals surface area contributed by atoms with Crippen LogP contribution < -0.4 is 5.73 Å². The van der Waals surface area contributed by atoms with E-state index in [9.17, 15) is 10.2 Å². The van der Waals surface area contributed by atoms with Crippen molar-refractivity contribution < 1.29 is 14.9 Å². The number of ether oxygens (including phenoxy) is 1. The third-order valence-corrected chi connectivity index (χ3v) is 8.37. The minimum atomic E-state index is -0.383. The molecule has 0 aromatic carbocycles. The van der Waals surface area contributed by atoms with Gasteiger partial charge in [0.15, 0.2) is 0 Å². The first kappa shape index (κ1) is 27.5. The summed E-state index contributed by atoms with van der Waals surface area (Å²) in [5, 5.41) is 23.9. The number of hydrogen-bond acceptors (Lipinski definition) is 6. The van der Waals surface area contributed by atoms with E-state index in [4.69, 9.17) is 10.5 Å². The molecule has 1 saturated heterocycles. The minimum absolute atomic E-state index is 0.0253.